The maximum absolute atomic E-state index is 11.6. The van der Waals surface area contributed by atoms with Gasteiger partial charge in [0.2, 0.25) is 0 Å². The molecule has 1 aromatic carbocycles. The summed E-state index contributed by atoms with van der Waals surface area (Å²) in [6.07, 6.45) is 1.27. The number of rotatable bonds is 2. The van der Waals surface area contributed by atoms with E-state index in [0.717, 1.165) is 18.8 Å². The molecular weight excluding hydrogens is 238 g/mol. The Labute approximate surface area is 115 Å². The van der Waals surface area contributed by atoms with E-state index in [-0.39, 0.29) is 5.91 Å². The minimum Gasteiger partial charge on any atom is -0.397 e. The van der Waals surface area contributed by atoms with Crippen LogP contribution in [0, 0.1) is 11.8 Å². The number of nitrogens with one attached hydrogen (secondary N) is 1. The summed E-state index contributed by atoms with van der Waals surface area (Å²) in [5.74, 6) is 1.27. The molecule has 1 saturated heterocycles. The van der Waals surface area contributed by atoms with Crippen molar-refractivity contribution in [2.45, 2.75) is 20.3 Å². The van der Waals surface area contributed by atoms with Crippen LogP contribution in [0.3, 0.4) is 0 Å². The van der Waals surface area contributed by atoms with Gasteiger partial charge >= 0.3 is 0 Å². The Morgan fingerprint density at radius 3 is 2.47 bits per heavy atom. The lowest BCUT2D eigenvalue weighted by molar-refractivity contribution is 0.0963. The zero-order chi connectivity index (χ0) is 14.0. The van der Waals surface area contributed by atoms with Crippen LogP contribution in [0.5, 0.6) is 0 Å². The number of nitrogens with two attached hydrogens (primary N) is 1. The van der Waals surface area contributed by atoms with Gasteiger partial charge in [-0.2, -0.15) is 0 Å². The van der Waals surface area contributed by atoms with Gasteiger partial charge in [-0.15, -0.1) is 0 Å². The number of hydrogen-bond acceptors (Lipinski definition) is 3. The highest BCUT2D eigenvalue weighted by Gasteiger charge is 2.23. The summed E-state index contributed by atoms with van der Waals surface area (Å²) in [6.45, 7) is 6.62. The van der Waals surface area contributed by atoms with E-state index in [0.29, 0.717) is 23.1 Å². The molecule has 1 amide bonds. The summed E-state index contributed by atoms with van der Waals surface area (Å²) >= 11 is 0. The molecule has 1 fully saturated rings. The van der Waals surface area contributed by atoms with E-state index in [4.69, 9.17) is 5.73 Å². The number of hydrogen-bond donors (Lipinski definition) is 2. The Balaban J connectivity index is 2.23. The van der Waals surface area contributed by atoms with E-state index in [9.17, 15) is 4.79 Å². The molecule has 4 nitrogen and oxygen atoms in total. The minimum absolute atomic E-state index is 0.0985. The van der Waals surface area contributed by atoms with Crippen LogP contribution in [0.2, 0.25) is 0 Å². The Bertz CT molecular complexity index is 462. The molecule has 19 heavy (non-hydrogen) atoms. The summed E-state index contributed by atoms with van der Waals surface area (Å²) in [5, 5.41) is 2.61. The zero-order valence-corrected chi connectivity index (χ0v) is 11.9. The summed E-state index contributed by atoms with van der Waals surface area (Å²) in [4.78, 5) is 13.9. The number of benzene rings is 1. The molecule has 2 rings (SSSR count). The number of nitrogens with zero attached hydrogens (tertiary/aromatic N) is 1. The fraction of sp³-hybridized carbons (Fsp3) is 0.533. The maximum Gasteiger partial charge on any atom is 0.251 e. The molecule has 4 heteroatoms. The van der Waals surface area contributed by atoms with E-state index < -0.39 is 0 Å². The lowest BCUT2D eigenvalue weighted by Gasteiger charge is -2.37. The second-order valence-electron chi connectivity index (χ2n) is 5.70. The highest BCUT2D eigenvalue weighted by molar-refractivity contribution is 5.96. The van der Waals surface area contributed by atoms with Gasteiger partial charge in [0.1, 0.15) is 0 Å². The van der Waals surface area contributed by atoms with Crippen LogP contribution < -0.4 is 16.0 Å². The lowest BCUT2D eigenvalue weighted by Crippen LogP contribution is -2.39. The predicted molar refractivity (Wildman–Crippen MR) is 79.4 cm³/mol. The number of carbonyl (C=O) groups is 1. The van der Waals surface area contributed by atoms with Gasteiger partial charge in [0.15, 0.2) is 0 Å². The molecule has 1 aromatic rings. The molecule has 104 valence electrons. The maximum atomic E-state index is 11.6. The molecule has 0 saturated carbocycles. The third kappa shape index (κ3) is 3.00. The molecule has 0 aromatic heterocycles. The first-order chi connectivity index (χ1) is 9.01. The Hall–Kier alpha value is -1.71. The topological polar surface area (TPSA) is 58.4 Å². The van der Waals surface area contributed by atoms with Gasteiger partial charge in [0.05, 0.1) is 11.4 Å². The van der Waals surface area contributed by atoms with Crippen molar-refractivity contribution in [2.24, 2.45) is 11.8 Å². The fourth-order valence-electron chi connectivity index (χ4n) is 2.99. The number of anilines is 2. The molecule has 1 aliphatic rings. The van der Waals surface area contributed by atoms with Crippen molar-refractivity contribution in [3.63, 3.8) is 0 Å². The quantitative estimate of drug-likeness (QED) is 0.802. The van der Waals surface area contributed by atoms with E-state index >= 15 is 0 Å². The molecule has 1 aliphatic heterocycles. The SMILES string of the molecule is CNC(=O)c1ccc(N2CC(C)CC(C)C2)c(N)c1. The molecule has 0 spiro atoms. The smallest absolute Gasteiger partial charge is 0.251 e. The van der Waals surface area contributed by atoms with Crippen LogP contribution in [0.25, 0.3) is 0 Å². The first-order valence-electron chi connectivity index (χ1n) is 6.87. The monoisotopic (exact) mass is 261 g/mol. The Kier molecular flexibility index (Phi) is 3.98. The third-order valence-corrected chi connectivity index (χ3v) is 3.73. The number of carbonyl (C=O) groups excluding carboxylic acids is 1. The second kappa shape index (κ2) is 5.51. The molecule has 0 bridgehead atoms. The molecular formula is C15H23N3O. The van der Waals surface area contributed by atoms with Crippen molar-refractivity contribution in [3.8, 4) is 0 Å². The molecule has 2 atom stereocenters. The average Bonchev–Trinajstić information content (AvgIpc) is 2.36. The van der Waals surface area contributed by atoms with E-state index in [1.165, 1.54) is 6.42 Å². The van der Waals surface area contributed by atoms with Gasteiger partial charge in [0, 0.05) is 25.7 Å². The van der Waals surface area contributed by atoms with Crippen LogP contribution in [0.4, 0.5) is 11.4 Å². The highest BCUT2D eigenvalue weighted by Crippen LogP contribution is 2.30. The van der Waals surface area contributed by atoms with Crippen LogP contribution in [0.1, 0.15) is 30.6 Å². The third-order valence-electron chi connectivity index (χ3n) is 3.73. The first-order valence-corrected chi connectivity index (χ1v) is 6.87. The predicted octanol–water partition coefficient (Wildman–Crippen LogP) is 2.11. The molecule has 3 N–H and O–H groups in total. The minimum atomic E-state index is -0.0985. The number of amides is 1. The number of piperidine rings is 1. The Morgan fingerprint density at radius 1 is 1.32 bits per heavy atom. The van der Waals surface area contributed by atoms with Crippen molar-refractivity contribution >= 4 is 17.3 Å². The van der Waals surface area contributed by atoms with Crippen molar-refractivity contribution in [2.75, 3.05) is 30.8 Å². The second-order valence-corrected chi connectivity index (χ2v) is 5.70. The standard InChI is InChI=1S/C15H23N3O/c1-10-6-11(2)9-18(8-10)14-5-4-12(7-13(14)16)15(19)17-3/h4-5,7,10-11H,6,8-9,16H2,1-3H3,(H,17,19). The van der Waals surface area contributed by atoms with Gasteiger partial charge in [-0.3, -0.25) is 4.79 Å². The van der Waals surface area contributed by atoms with Gasteiger partial charge in [0.25, 0.3) is 5.91 Å². The largest absolute Gasteiger partial charge is 0.397 e. The summed E-state index contributed by atoms with van der Waals surface area (Å²) < 4.78 is 0. The summed E-state index contributed by atoms with van der Waals surface area (Å²) in [6, 6.07) is 5.57. The van der Waals surface area contributed by atoms with E-state index in [1.54, 1.807) is 13.1 Å². The average molecular weight is 261 g/mol. The van der Waals surface area contributed by atoms with Gasteiger partial charge in [-0.1, -0.05) is 13.8 Å². The normalized spacial score (nSPS) is 23.2. The van der Waals surface area contributed by atoms with Crippen molar-refractivity contribution in [1.82, 2.24) is 5.32 Å². The molecule has 1 heterocycles. The van der Waals surface area contributed by atoms with Crippen LogP contribution >= 0.6 is 0 Å². The van der Waals surface area contributed by atoms with Crippen molar-refractivity contribution in [1.29, 1.82) is 0 Å². The number of nitrogen functional groups attached to an aromatic ring is 1. The first kappa shape index (κ1) is 13.7. The van der Waals surface area contributed by atoms with Crippen molar-refractivity contribution in [3.05, 3.63) is 23.8 Å². The van der Waals surface area contributed by atoms with Crippen molar-refractivity contribution < 1.29 is 4.79 Å². The highest BCUT2D eigenvalue weighted by atomic mass is 16.1. The summed E-state index contributed by atoms with van der Waals surface area (Å²) in [7, 11) is 1.63. The van der Waals surface area contributed by atoms with E-state index in [2.05, 4.69) is 24.1 Å². The van der Waals surface area contributed by atoms with Crippen LogP contribution in [-0.2, 0) is 0 Å². The zero-order valence-electron chi connectivity index (χ0n) is 11.9. The lowest BCUT2D eigenvalue weighted by atomic mass is 9.91. The Morgan fingerprint density at radius 2 is 1.95 bits per heavy atom. The molecule has 0 radical (unpaired) electrons. The van der Waals surface area contributed by atoms with Crippen LogP contribution in [-0.4, -0.2) is 26.0 Å². The van der Waals surface area contributed by atoms with E-state index in [1.807, 2.05) is 12.1 Å². The van der Waals surface area contributed by atoms with Crippen LogP contribution in [0.15, 0.2) is 18.2 Å². The summed E-state index contributed by atoms with van der Waals surface area (Å²) in [5.41, 5.74) is 8.46. The van der Waals surface area contributed by atoms with Gasteiger partial charge in [-0.25, -0.2) is 0 Å². The molecule has 2 unspecified atom stereocenters. The fourth-order valence-corrected chi connectivity index (χ4v) is 2.99. The van der Waals surface area contributed by atoms with Gasteiger partial charge in [-0.05, 0) is 36.5 Å². The molecule has 0 aliphatic carbocycles. The van der Waals surface area contributed by atoms with Gasteiger partial charge < -0.3 is 16.0 Å².